The number of carbonyl (C=O) groups is 2. The number of hydrogen-bond acceptors (Lipinski definition) is 4. The molecule has 7 heteroatoms. The summed E-state index contributed by atoms with van der Waals surface area (Å²) in [6.45, 7) is 3.71. The van der Waals surface area contributed by atoms with E-state index >= 15 is 0 Å². The fourth-order valence-corrected chi connectivity index (χ4v) is 1.43. The SMILES string of the molecule is CC(C)C(=O)Nc1cnn(CC(=O)n2ccnc2)c1. The van der Waals surface area contributed by atoms with Gasteiger partial charge < -0.3 is 5.32 Å². The normalized spacial score (nSPS) is 10.7. The van der Waals surface area contributed by atoms with Gasteiger partial charge in [0.1, 0.15) is 12.9 Å². The van der Waals surface area contributed by atoms with Gasteiger partial charge in [-0.1, -0.05) is 13.8 Å². The van der Waals surface area contributed by atoms with Gasteiger partial charge in [0.05, 0.1) is 11.9 Å². The predicted octanol–water partition coefficient (Wildman–Crippen LogP) is 1.01. The topological polar surface area (TPSA) is 81.8 Å². The van der Waals surface area contributed by atoms with Crippen LogP contribution < -0.4 is 5.32 Å². The zero-order valence-electron chi connectivity index (χ0n) is 10.8. The van der Waals surface area contributed by atoms with Crippen molar-refractivity contribution in [2.24, 2.45) is 5.92 Å². The number of anilines is 1. The van der Waals surface area contributed by atoms with Crippen LogP contribution in [0.15, 0.2) is 31.1 Å². The maximum Gasteiger partial charge on any atom is 0.253 e. The molecule has 100 valence electrons. The van der Waals surface area contributed by atoms with Crippen molar-refractivity contribution < 1.29 is 9.59 Å². The van der Waals surface area contributed by atoms with E-state index in [9.17, 15) is 9.59 Å². The summed E-state index contributed by atoms with van der Waals surface area (Å²) in [4.78, 5) is 27.1. The summed E-state index contributed by atoms with van der Waals surface area (Å²) < 4.78 is 2.85. The second kappa shape index (κ2) is 5.47. The van der Waals surface area contributed by atoms with Crippen LogP contribution in [0.5, 0.6) is 0 Å². The molecule has 7 nitrogen and oxygen atoms in total. The summed E-state index contributed by atoms with van der Waals surface area (Å²) >= 11 is 0. The average Bonchev–Trinajstić information content (AvgIpc) is 3.00. The molecule has 2 aromatic rings. The van der Waals surface area contributed by atoms with E-state index in [1.165, 1.54) is 28.0 Å². The lowest BCUT2D eigenvalue weighted by Crippen LogP contribution is -2.18. The van der Waals surface area contributed by atoms with E-state index in [0.717, 1.165) is 0 Å². The summed E-state index contributed by atoms with van der Waals surface area (Å²) in [6.07, 6.45) is 7.69. The van der Waals surface area contributed by atoms with Gasteiger partial charge in [-0.15, -0.1) is 0 Å². The molecule has 2 heterocycles. The molecule has 0 bridgehead atoms. The molecule has 1 amide bonds. The van der Waals surface area contributed by atoms with Gasteiger partial charge in [-0.25, -0.2) is 4.98 Å². The van der Waals surface area contributed by atoms with Gasteiger partial charge in [-0.05, 0) is 0 Å². The Bertz CT molecular complexity index is 571. The number of rotatable bonds is 4. The van der Waals surface area contributed by atoms with Crippen molar-refractivity contribution in [1.82, 2.24) is 19.3 Å². The third-order valence-corrected chi connectivity index (χ3v) is 2.51. The lowest BCUT2D eigenvalue weighted by Gasteiger charge is -2.04. The maximum atomic E-state index is 11.8. The van der Waals surface area contributed by atoms with Crippen LogP contribution in [0, 0.1) is 5.92 Å². The molecule has 2 rings (SSSR count). The molecule has 0 aromatic carbocycles. The largest absolute Gasteiger partial charge is 0.323 e. The summed E-state index contributed by atoms with van der Waals surface area (Å²) in [5.74, 6) is -0.334. The molecule has 19 heavy (non-hydrogen) atoms. The molecular formula is C12H15N5O2. The fraction of sp³-hybridized carbons (Fsp3) is 0.333. The molecule has 0 aliphatic carbocycles. The molecule has 0 radical (unpaired) electrons. The first-order chi connectivity index (χ1) is 9.06. The van der Waals surface area contributed by atoms with Crippen LogP contribution in [0.1, 0.15) is 18.6 Å². The average molecular weight is 261 g/mol. The van der Waals surface area contributed by atoms with Crippen molar-refractivity contribution in [2.45, 2.75) is 20.4 Å². The Morgan fingerprint density at radius 2 is 2.21 bits per heavy atom. The van der Waals surface area contributed by atoms with Crippen LogP contribution >= 0.6 is 0 Å². The van der Waals surface area contributed by atoms with E-state index in [4.69, 9.17) is 0 Å². The second-order valence-electron chi connectivity index (χ2n) is 4.43. The van der Waals surface area contributed by atoms with E-state index in [1.54, 1.807) is 12.4 Å². The first kappa shape index (κ1) is 13.0. The van der Waals surface area contributed by atoms with Crippen molar-refractivity contribution in [3.63, 3.8) is 0 Å². The summed E-state index contributed by atoms with van der Waals surface area (Å²) in [7, 11) is 0. The molecule has 2 aromatic heterocycles. The molecule has 0 spiro atoms. The van der Waals surface area contributed by atoms with Gasteiger partial charge in [0.15, 0.2) is 0 Å². The summed E-state index contributed by atoms with van der Waals surface area (Å²) in [5, 5.41) is 6.74. The van der Waals surface area contributed by atoms with Crippen LogP contribution in [0.3, 0.4) is 0 Å². The van der Waals surface area contributed by atoms with Crippen molar-refractivity contribution in [2.75, 3.05) is 5.32 Å². The van der Waals surface area contributed by atoms with Crippen LogP contribution in [-0.2, 0) is 11.3 Å². The number of hydrogen-bond donors (Lipinski definition) is 1. The highest BCUT2D eigenvalue weighted by atomic mass is 16.2. The van der Waals surface area contributed by atoms with Gasteiger partial charge in [0.25, 0.3) is 5.91 Å². The van der Waals surface area contributed by atoms with Crippen molar-refractivity contribution in [1.29, 1.82) is 0 Å². The van der Waals surface area contributed by atoms with Crippen LogP contribution in [0.2, 0.25) is 0 Å². The Kier molecular flexibility index (Phi) is 3.74. The third-order valence-electron chi connectivity index (χ3n) is 2.51. The van der Waals surface area contributed by atoms with E-state index in [0.29, 0.717) is 5.69 Å². The Morgan fingerprint density at radius 3 is 2.84 bits per heavy atom. The number of nitrogens with one attached hydrogen (secondary N) is 1. The minimum atomic E-state index is -0.151. The third kappa shape index (κ3) is 3.27. The van der Waals surface area contributed by atoms with Crippen LogP contribution in [-0.4, -0.2) is 31.1 Å². The summed E-state index contributed by atoms with van der Waals surface area (Å²) in [6, 6.07) is 0. The molecule has 1 N–H and O–H groups in total. The van der Waals surface area contributed by atoms with Crippen LogP contribution in [0.4, 0.5) is 5.69 Å². The Labute approximate surface area is 110 Å². The van der Waals surface area contributed by atoms with E-state index in [1.807, 2.05) is 13.8 Å². The first-order valence-corrected chi connectivity index (χ1v) is 5.90. The van der Waals surface area contributed by atoms with E-state index < -0.39 is 0 Å². The van der Waals surface area contributed by atoms with Gasteiger partial charge in [0.2, 0.25) is 5.91 Å². The smallest absolute Gasteiger partial charge is 0.253 e. The maximum absolute atomic E-state index is 11.8. The van der Waals surface area contributed by atoms with Gasteiger partial charge in [-0.3, -0.25) is 18.8 Å². The van der Waals surface area contributed by atoms with Crippen molar-refractivity contribution >= 4 is 17.5 Å². The number of nitrogens with zero attached hydrogens (tertiary/aromatic N) is 4. The Balaban J connectivity index is 1.98. The Morgan fingerprint density at radius 1 is 1.42 bits per heavy atom. The summed E-state index contributed by atoms with van der Waals surface area (Å²) in [5.41, 5.74) is 0.581. The number of amides is 1. The molecule has 0 saturated carbocycles. The zero-order chi connectivity index (χ0) is 13.8. The molecule has 0 aliphatic rings. The standard InChI is InChI=1S/C12H15N5O2/c1-9(2)12(19)15-10-5-14-17(6-10)7-11(18)16-4-3-13-8-16/h3-6,8-9H,7H2,1-2H3,(H,15,19). The highest BCUT2D eigenvalue weighted by molar-refractivity contribution is 5.91. The molecule has 0 atom stereocenters. The quantitative estimate of drug-likeness (QED) is 0.890. The minimum Gasteiger partial charge on any atom is -0.323 e. The fourth-order valence-electron chi connectivity index (χ4n) is 1.43. The first-order valence-electron chi connectivity index (χ1n) is 5.90. The lowest BCUT2D eigenvalue weighted by molar-refractivity contribution is -0.118. The molecule has 0 saturated heterocycles. The highest BCUT2D eigenvalue weighted by Gasteiger charge is 2.10. The highest BCUT2D eigenvalue weighted by Crippen LogP contribution is 2.07. The van der Waals surface area contributed by atoms with E-state index in [-0.39, 0.29) is 24.3 Å². The number of imidazole rings is 1. The minimum absolute atomic E-state index is 0.0829. The number of aromatic nitrogens is 4. The second-order valence-corrected chi connectivity index (χ2v) is 4.43. The van der Waals surface area contributed by atoms with Gasteiger partial charge in [0, 0.05) is 24.5 Å². The zero-order valence-corrected chi connectivity index (χ0v) is 10.8. The monoisotopic (exact) mass is 261 g/mol. The Hall–Kier alpha value is -2.44. The molecule has 0 fully saturated rings. The molecular weight excluding hydrogens is 246 g/mol. The van der Waals surface area contributed by atoms with Crippen LogP contribution in [0.25, 0.3) is 0 Å². The lowest BCUT2D eigenvalue weighted by atomic mass is 10.2. The molecule has 0 unspecified atom stereocenters. The van der Waals surface area contributed by atoms with E-state index in [2.05, 4.69) is 15.4 Å². The van der Waals surface area contributed by atoms with Crippen molar-refractivity contribution in [3.05, 3.63) is 31.1 Å². The number of carbonyl (C=O) groups excluding carboxylic acids is 2. The predicted molar refractivity (Wildman–Crippen MR) is 68.5 cm³/mol. The van der Waals surface area contributed by atoms with Crippen molar-refractivity contribution in [3.8, 4) is 0 Å². The molecule has 0 aliphatic heterocycles. The van der Waals surface area contributed by atoms with Gasteiger partial charge >= 0.3 is 0 Å². The van der Waals surface area contributed by atoms with Gasteiger partial charge in [-0.2, -0.15) is 5.10 Å².